The minimum atomic E-state index is 0.802. The standard InChI is InChI=1S/C24H38ClN3/c25-23-10-9-21-11-13-26-14-12-22(21)24(23)27-17-19-5-7-20(8-6-19)18-28-15-3-1-2-4-16-28/h9-10,19-20,26-27H,1-8,11-18H2. The first-order chi connectivity index (χ1) is 13.8. The number of hydrogen-bond acceptors (Lipinski definition) is 3. The number of nitrogens with one attached hydrogen (secondary N) is 2. The van der Waals surface area contributed by atoms with Gasteiger partial charge in [0, 0.05) is 13.1 Å². The van der Waals surface area contributed by atoms with E-state index in [1.807, 2.05) is 0 Å². The van der Waals surface area contributed by atoms with Crippen molar-refractivity contribution in [3.8, 4) is 0 Å². The number of likely N-dealkylation sites (tertiary alicyclic amines) is 1. The van der Waals surface area contributed by atoms with E-state index in [9.17, 15) is 0 Å². The summed E-state index contributed by atoms with van der Waals surface area (Å²) in [6.07, 6.45) is 13.5. The summed E-state index contributed by atoms with van der Waals surface area (Å²) in [6, 6.07) is 4.32. The molecule has 0 bridgehead atoms. The van der Waals surface area contributed by atoms with Gasteiger partial charge in [-0.3, -0.25) is 0 Å². The van der Waals surface area contributed by atoms with Crippen LogP contribution in [0.15, 0.2) is 12.1 Å². The van der Waals surface area contributed by atoms with Gasteiger partial charge in [0.25, 0.3) is 0 Å². The highest BCUT2D eigenvalue weighted by molar-refractivity contribution is 6.33. The average molecular weight is 404 g/mol. The fraction of sp³-hybridized carbons (Fsp3) is 0.750. The third-order valence-corrected chi connectivity index (χ3v) is 7.55. The minimum Gasteiger partial charge on any atom is -0.383 e. The van der Waals surface area contributed by atoms with Gasteiger partial charge in [-0.2, -0.15) is 0 Å². The molecule has 1 saturated heterocycles. The second-order valence-corrected chi connectivity index (χ2v) is 9.70. The highest BCUT2D eigenvalue weighted by Crippen LogP contribution is 2.33. The topological polar surface area (TPSA) is 27.3 Å². The first-order valence-corrected chi connectivity index (χ1v) is 12.1. The molecule has 156 valence electrons. The van der Waals surface area contributed by atoms with Gasteiger partial charge in [0.05, 0.1) is 10.7 Å². The fourth-order valence-corrected chi connectivity index (χ4v) is 5.73. The molecular weight excluding hydrogens is 366 g/mol. The second-order valence-electron chi connectivity index (χ2n) is 9.29. The molecule has 4 rings (SSSR count). The third-order valence-electron chi connectivity index (χ3n) is 7.23. The van der Waals surface area contributed by atoms with E-state index in [-0.39, 0.29) is 0 Å². The zero-order valence-corrected chi connectivity index (χ0v) is 18.2. The first-order valence-electron chi connectivity index (χ1n) is 11.8. The number of fused-ring (bicyclic) bond motifs is 1. The van der Waals surface area contributed by atoms with Crippen molar-refractivity contribution in [1.29, 1.82) is 0 Å². The van der Waals surface area contributed by atoms with Gasteiger partial charge >= 0.3 is 0 Å². The van der Waals surface area contributed by atoms with Crippen LogP contribution in [0.4, 0.5) is 5.69 Å². The zero-order chi connectivity index (χ0) is 19.2. The molecule has 0 atom stereocenters. The van der Waals surface area contributed by atoms with Crippen LogP contribution < -0.4 is 10.6 Å². The summed E-state index contributed by atoms with van der Waals surface area (Å²) in [6.45, 7) is 7.26. The Bertz CT molecular complexity index is 617. The van der Waals surface area contributed by atoms with Crippen LogP contribution in [0.3, 0.4) is 0 Å². The van der Waals surface area contributed by atoms with Gasteiger partial charge in [0.15, 0.2) is 0 Å². The Morgan fingerprint density at radius 1 is 0.929 bits per heavy atom. The quantitative estimate of drug-likeness (QED) is 0.714. The molecule has 1 saturated carbocycles. The molecule has 0 amide bonds. The third kappa shape index (κ3) is 5.43. The molecule has 0 aromatic heterocycles. The zero-order valence-electron chi connectivity index (χ0n) is 17.4. The largest absolute Gasteiger partial charge is 0.383 e. The number of halogens is 1. The molecule has 2 N–H and O–H groups in total. The van der Waals surface area contributed by atoms with Gasteiger partial charge in [-0.15, -0.1) is 0 Å². The van der Waals surface area contributed by atoms with Crippen molar-refractivity contribution in [2.24, 2.45) is 11.8 Å². The second kappa shape index (κ2) is 10.3. The number of hydrogen-bond donors (Lipinski definition) is 2. The van der Waals surface area contributed by atoms with Gasteiger partial charge in [-0.1, -0.05) is 30.5 Å². The van der Waals surface area contributed by atoms with Crippen LogP contribution in [0.25, 0.3) is 0 Å². The van der Waals surface area contributed by atoms with Crippen LogP contribution in [0.1, 0.15) is 62.5 Å². The average Bonchev–Trinajstić information content (AvgIpc) is 3.11. The Morgan fingerprint density at radius 3 is 2.43 bits per heavy atom. The molecular formula is C24H38ClN3. The van der Waals surface area contributed by atoms with Gasteiger partial charge in [0.2, 0.25) is 0 Å². The van der Waals surface area contributed by atoms with Gasteiger partial charge in [-0.25, -0.2) is 0 Å². The summed E-state index contributed by atoms with van der Waals surface area (Å²) in [5.41, 5.74) is 4.14. The van der Waals surface area contributed by atoms with E-state index in [0.29, 0.717) is 0 Å². The van der Waals surface area contributed by atoms with Crippen LogP contribution in [0, 0.1) is 11.8 Å². The number of nitrogens with zero attached hydrogens (tertiary/aromatic N) is 1. The number of benzene rings is 1. The normalized spacial score (nSPS) is 26.9. The molecule has 4 heteroatoms. The fourth-order valence-electron chi connectivity index (χ4n) is 5.48. The lowest BCUT2D eigenvalue weighted by Gasteiger charge is -2.32. The molecule has 1 aromatic carbocycles. The predicted molar refractivity (Wildman–Crippen MR) is 121 cm³/mol. The van der Waals surface area contributed by atoms with Gasteiger partial charge < -0.3 is 15.5 Å². The Morgan fingerprint density at radius 2 is 1.64 bits per heavy atom. The Kier molecular flexibility index (Phi) is 7.55. The molecule has 3 aliphatic rings. The monoisotopic (exact) mass is 403 g/mol. The SMILES string of the molecule is Clc1ccc2c(c1NCC1CCC(CN3CCCCCC3)CC1)CCNCC2. The molecule has 28 heavy (non-hydrogen) atoms. The molecule has 0 spiro atoms. The summed E-state index contributed by atoms with van der Waals surface area (Å²) in [4.78, 5) is 2.75. The Hall–Kier alpha value is -0.770. The molecule has 2 fully saturated rings. The van der Waals surface area contributed by atoms with Crippen LogP contribution >= 0.6 is 11.6 Å². The highest BCUT2D eigenvalue weighted by atomic mass is 35.5. The predicted octanol–water partition coefficient (Wildman–Crippen LogP) is 5.12. The molecule has 1 aliphatic carbocycles. The maximum Gasteiger partial charge on any atom is 0.0640 e. The molecule has 1 aromatic rings. The molecule has 2 heterocycles. The summed E-state index contributed by atoms with van der Waals surface area (Å²) < 4.78 is 0. The van der Waals surface area contributed by atoms with Crippen molar-refractivity contribution < 1.29 is 0 Å². The molecule has 3 nitrogen and oxygen atoms in total. The first kappa shape index (κ1) is 20.5. The van der Waals surface area contributed by atoms with E-state index in [4.69, 9.17) is 11.6 Å². The lowest BCUT2D eigenvalue weighted by molar-refractivity contribution is 0.187. The molecule has 0 radical (unpaired) electrons. The van der Waals surface area contributed by atoms with E-state index in [0.717, 1.165) is 49.3 Å². The van der Waals surface area contributed by atoms with Crippen LogP contribution in [0.5, 0.6) is 0 Å². The van der Waals surface area contributed by atoms with Crippen molar-refractivity contribution in [3.63, 3.8) is 0 Å². The Labute approximate surface area is 176 Å². The highest BCUT2D eigenvalue weighted by Gasteiger charge is 2.24. The van der Waals surface area contributed by atoms with E-state index >= 15 is 0 Å². The maximum absolute atomic E-state index is 6.59. The lowest BCUT2D eigenvalue weighted by atomic mass is 9.81. The maximum atomic E-state index is 6.59. The number of anilines is 1. The lowest BCUT2D eigenvalue weighted by Crippen LogP contribution is -2.33. The van der Waals surface area contributed by atoms with E-state index in [2.05, 4.69) is 27.7 Å². The van der Waals surface area contributed by atoms with Crippen LogP contribution in [-0.4, -0.2) is 44.2 Å². The van der Waals surface area contributed by atoms with Crippen molar-refractivity contribution >= 4 is 17.3 Å². The van der Waals surface area contributed by atoms with E-state index in [1.165, 1.54) is 87.8 Å². The summed E-state index contributed by atoms with van der Waals surface area (Å²) in [5, 5.41) is 8.19. The van der Waals surface area contributed by atoms with Crippen molar-refractivity contribution in [1.82, 2.24) is 10.2 Å². The smallest absolute Gasteiger partial charge is 0.0640 e. The van der Waals surface area contributed by atoms with Crippen molar-refractivity contribution in [2.75, 3.05) is 44.6 Å². The molecule has 2 aliphatic heterocycles. The summed E-state index contributed by atoms with van der Waals surface area (Å²) >= 11 is 6.59. The van der Waals surface area contributed by atoms with E-state index < -0.39 is 0 Å². The minimum absolute atomic E-state index is 0.802. The Balaban J connectivity index is 1.27. The van der Waals surface area contributed by atoms with Crippen molar-refractivity contribution in [3.05, 3.63) is 28.3 Å². The van der Waals surface area contributed by atoms with E-state index in [1.54, 1.807) is 0 Å². The van der Waals surface area contributed by atoms with Crippen molar-refractivity contribution in [2.45, 2.75) is 64.2 Å². The summed E-state index contributed by atoms with van der Waals surface area (Å²) in [7, 11) is 0. The summed E-state index contributed by atoms with van der Waals surface area (Å²) in [5.74, 6) is 1.73. The van der Waals surface area contributed by atoms with Crippen LogP contribution in [0.2, 0.25) is 5.02 Å². The van der Waals surface area contributed by atoms with Crippen LogP contribution in [-0.2, 0) is 12.8 Å². The van der Waals surface area contributed by atoms with Gasteiger partial charge in [0.1, 0.15) is 0 Å². The van der Waals surface area contributed by atoms with Gasteiger partial charge in [-0.05, 0) is 107 Å². The molecule has 0 unspecified atom stereocenters. The number of rotatable bonds is 5.